The van der Waals surface area contributed by atoms with Crippen LogP contribution in [0.4, 0.5) is 0 Å². The first kappa shape index (κ1) is 17.3. The number of likely N-dealkylation sites (tertiary alicyclic amines) is 1. The van der Waals surface area contributed by atoms with Crippen LogP contribution in [0.15, 0.2) is 59.1 Å². The number of methoxy groups -OCH3 is 1. The van der Waals surface area contributed by atoms with Gasteiger partial charge in [-0.25, -0.2) is 0 Å². The lowest BCUT2D eigenvalue weighted by Gasteiger charge is -2.17. The third kappa shape index (κ3) is 3.30. The van der Waals surface area contributed by atoms with E-state index in [4.69, 9.17) is 9.26 Å². The summed E-state index contributed by atoms with van der Waals surface area (Å²) in [7, 11) is 1.57. The quantitative estimate of drug-likeness (QED) is 0.708. The minimum absolute atomic E-state index is 0.0219. The maximum Gasteiger partial charge on any atom is 0.257 e. The Morgan fingerprint density at radius 1 is 1.11 bits per heavy atom. The molecule has 138 valence electrons. The van der Waals surface area contributed by atoms with Gasteiger partial charge in [0.05, 0.1) is 18.6 Å². The van der Waals surface area contributed by atoms with Gasteiger partial charge in [-0.2, -0.15) is 4.98 Å². The maximum absolute atomic E-state index is 13.0. The lowest BCUT2D eigenvalue weighted by molar-refractivity contribution is 0.0782. The van der Waals surface area contributed by atoms with Gasteiger partial charge in [-0.3, -0.25) is 4.79 Å². The minimum Gasteiger partial charge on any atom is -0.496 e. The SMILES string of the molecule is COc1ccccc1C(=O)N1CC(C)C(c2nc(-c3ccccc3)no2)C1. The van der Waals surface area contributed by atoms with E-state index in [1.807, 2.05) is 47.4 Å². The van der Waals surface area contributed by atoms with Gasteiger partial charge in [-0.1, -0.05) is 54.5 Å². The summed E-state index contributed by atoms with van der Waals surface area (Å²) >= 11 is 0. The molecule has 2 unspecified atom stereocenters. The molecular formula is C21H21N3O3. The molecule has 27 heavy (non-hydrogen) atoms. The highest BCUT2D eigenvalue weighted by atomic mass is 16.5. The number of carbonyl (C=O) groups is 1. The number of hydrogen-bond donors (Lipinski definition) is 0. The van der Waals surface area contributed by atoms with Crippen LogP contribution in [0.25, 0.3) is 11.4 Å². The van der Waals surface area contributed by atoms with Gasteiger partial charge < -0.3 is 14.2 Å². The predicted molar refractivity (Wildman–Crippen MR) is 101 cm³/mol. The Labute approximate surface area is 157 Å². The Hall–Kier alpha value is -3.15. The van der Waals surface area contributed by atoms with Gasteiger partial charge >= 0.3 is 0 Å². The number of ether oxygens (including phenoxy) is 1. The molecule has 2 aromatic carbocycles. The lowest BCUT2D eigenvalue weighted by Crippen LogP contribution is -2.29. The molecule has 0 bridgehead atoms. The highest BCUT2D eigenvalue weighted by Crippen LogP contribution is 2.34. The Balaban J connectivity index is 1.54. The van der Waals surface area contributed by atoms with Gasteiger partial charge in [0.2, 0.25) is 11.7 Å². The first-order chi connectivity index (χ1) is 13.2. The van der Waals surface area contributed by atoms with E-state index in [2.05, 4.69) is 17.1 Å². The fourth-order valence-electron chi connectivity index (χ4n) is 3.54. The normalized spacial score (nSPS) is 19.3. The van der Waals surface area contributed by atoms with E-state index >= 15 is 0 Å². The smallest absolute Gasteiger partial charge is 0.257 e. The lowest BCUT2D eigenvalue weighted by atomic mass is 9.98. The number of benzene rings is 2. The molecule has 2 heterocycles. The third-order valence-electron chi connectivity index (χ3n) is 5.03. The van der Waals surface area contributed by atoms with Crippen LogP contribution in [0, 0.1) is 5.92 Å². The van der Waals surface area contributed by atoms with Crippen LogP contribution in [0.1, 0.15) is 29.1 Å². The molecule has 1 amide bonds. The average Bonchev–Trinajstić information content (AvgIpc) is 3.35. The maximum atomic E-state index is 13.0. The van der Waals surface area contributed by atoms with E-state index < -0.39 is 0 Å². The number of amides is 1. The summed E-state index contributed by atoms with van der Waals surface area (Å²) < 4.78 is 10.9. The van der Waals surface area contributed by atoms with Crippen molar-refractivity contribution in [3.05, 3.63) is 66.1 Å². The molecule has 0 N–H and O–H groups in total. The monoisotopic (exact) mass is 363 g/mol. The number of para-hydroxylation sites is 1. The van der Waals surface area contributed by atoms with Crippen LogP contribution < -0.4 is 4.74 Å². The number of carbonyl (C=O) groups excluding carboxylic acids is 1. The second-order valence-electron chi connectivity index (χ2n) is 6.82. The molecule has 2 atom stereocenters. The van der Waals surface area contributed by atoms with Crippen molar-refractivity contribution in [2.45, 2.75) is 12.8 Å². The number of aromatic nitrogens is 2. The van der Waals surface area contributed by atoms with Crippen LogP contribution >= 0.6 is 0 Å². The first-order valence-corrected chi connectivity index (χ1v) is 8.98. The summed E-state index contributed by atoms with van der Waals surface area (Å²) in [5.74, 6) is 1.96. The van der Waals surface area contributed by atoms with E-state index in [1.54, 1.807) is 19.2 Å². The van der Waals surface area contributed by atoms with Gasteiger partial charge in [-0.05, 0) is 18.1 Å². The van der Waals surface area contributed by atoms with Crippen molar-refractivity contribution < 1.29 is 14.1 Å². The summed E-state index contributed by atoms with van der Waals surface area (Å²) in [6.07, 6.45) is 0. The topological polar surface area (TPSA) is 68.5 Å². The molecule has 4 rings (SSSR count). The highest BCUT2D eigenvalue weighted by Gasteiger charge is 2.37. The van der Waals surface area contributed by atoms with Crippen molar-refractivity contribution in [1.82, 2.24) is 15.0 Å². The van der Waals surface area contributed by atoms with Gasteiger partial charge in [0.25, 0.3) is 5.91 Å². The second-order valence-corrected chi connectivity index (χ2v) is 6.82. The zero-order valence-corrected chi connectivity index (χ0v) is 15.3. The van der Waals surface area contributed by atoms with Gasteiger partial charge in [0.1, 0.15) is 5.75 Å². The van der Waals surface area contributed by atoms with Gasteiger partial charge in [-0.15, -0.1) is 0 Å². The highest BCUT2D eigenvalue weighted by molar-refractivity contribution is 5.97. The molecule has 6 heteroatoms. The molecular weight excluding hydrogens is 342 g/mol. The van der Waals surface area contributed by atoms with E-state index in [-0.39, 0.29) is 17.7 Å². The zero-order chi connectivity index (χ0) is 18.8. The third-order valence-corrected chi connectivity index (χ3v) is 5.03. The summed E-state index contributed by atoms with van der Waals surface area (Å²) in [5, 5.41) is 4.11. The van der Waals surface area contributed by atoms with Crippen molar-refractivity contribution in [2.24, 2.45) is 5.92 Å². The Bertz CT molecular complexity index is 939. The van der Waals surface area contributed by atoms with Crippen LogP contribution in [0.3, 0.4) is 0 Å². The molecule has 0 radical (unpaired) electrons. The predicted octanol–water partition coefficient (Wildman–Crippen LogP) is 3.62. The van der Waals surface area contributed by atoms with E-state index in [0.29, 0.717) is 36.1 Å². The largest absolute Gasteiger partial charge is 0.496 e. The number of hydrogen-bond acceptors (Lipinski definition) is 5. The van der Waals surface area contributed by atoms with Crippen LogP contribution in [-0.4, -0.2) is 41.1 Å². The molecule has 0 saturated carbocycles. The molecule has 1 aliphatic rings. The summed E-state index contributed by atoms with van der Waals surface area (Å²) in [5.41, 5.74) is 1.49. The number of nitrogens with zero attached hydrogens (tertiary/aromatic N) is 3. The van der Waals surface area contributed by atoms with Crippen molar-refractivity contribution in [2.75, 3.05) is 20.2 Å². The van der Waals surface area contributed by atoms with E-state index in [0.717, 1.165) is 5.56 Å². The average molecular weight is 363 g/mol. The van der Waals surface area contributed by atoms with Crippen LogP contribution in [0.5, 0.6) is 5.75 Å². The Morgan fingerprint density at radius 3 is 2.63 bits per heavy atom. The van der Waals surface area contributed by atoms with E-state index in [1.165, 1.54) is 0 Å². The van der Waals surface area contributed by atoms with Crippen molar-refractivity contribution in [3.63, 3.8) is 0 Å². The van der Waals surface area contributed by atoms with Crippen molar-refractivity contribution >= 4 is 5.91 Å². The molecule has 6 nitrogen and oxygen atoms in total. The zero-order valence-electron chi connectivity index (χ0n) is 15.3. The van der Waals surface area contributed by atoms with Crippen molar-refractivity contribution in [3.8, 4) is 17.1 Å². The Kier molecular flexibility index (Phi) is 4.62. The number of rotatable bonds is 4. The first-order valence-electron chi connectivity index (χ1n) is 8.98. The van der Waals surface area contributed by atoms with Gasteiger partial charge in [0, 0.05) is 18.7 Å². The fourth-order valence-corrected chi connectivity index (χ4v) is 3.54. The Morgan fingerprint density at radius 2 is 1.85 bits per heavy atom. The van der Waals surface area contributed by atoms with Crippen molar-refractivity contribution in [1.29, 1.82) is 0 Å². The molecule has 3 aromatic rings. The molecule has 1 saturated heterocycles. The molecule has 1 fully saturated rings. The minimum atomic E-state index is -0.0374. The molecule has 0 spiro atoms. The standard InChI is InChI=1S/C21H21N3O3/c1-14-12-24(21(25)16-10-6-7-11-18(16)26-2)13-17(14)20-22-19(23-27-20)15-8-4-3-5-9-15/h3-11,14,17H,12-13H2,1-2H3. The second kappa shape index (κ2) is 7.23. The van der Waals surface area contributed by atoms with Crippen LogP contribution in [0.2, 0.25) is 0 Å². The summed E-state index contributed by atoms with van der Waals surface area (Å²) in [4.78, 5) is 19.4. The molecule has 1 aliphatic heterocycles. The summed E-state index contributed by atoms with van der Waals surface area (Å²) in [6.45, 7) is 3.30. The molecule has 1 aromatic heterocycles. The van der Waals surface area contributed by atoms with Gasteiger partial charge in [0.15, 0.2) is 0 Å². The molecule has 0 aliphatic carbocycles. The van der Waals surface area contributed by atoms with E-state index in [9.17, 15) is 4.79 Å². The fraction of sp³-hybridized carbons (Fsp3) is 0.286. The van der Waals surface area contributed by atoms with Crippen LogP contribution in [-0.2, 0) is 0 Å². The summed E-state index contributed by atoms with van der Waals surface area (Å²) in [6, 6.07) is 17.0.